The smallest absolute Gasteiger partial charge is 0.250 e. The molecule has 1 aromatic rings. The summed E-state index contributed by atoms with van der Waals surface area (Å²) in [7, 11) is 4.07. The fourth-order valence-corrected chi connectivity index (χ4v) is 2.30. The molecule has 1 atom stereocenters. The molecular formula is C15H26N4O. The molecule has 0 aromatic heterocycles. The van der Waals surface area contributed by atoms with Gasteiger partial charge in [-0.3, -0.25) is 4.79 Å². The highest BCUT2D eigenvalue weighted by atomic mass is 16.1. The summed E-state index contributed by atoms with van der Waals surface area (Å²) < 4.78 is 0. The van der Waals surface area contributed by atoms with Gasteiger partial charge < -0.3 is 21.7 Å². The summed E-state index contributed by atoms with van der Waals surface area (Å²) in [6.45, 7) is 5.26. The van der Waals surface area contributed by atoms with Crippen LogP contribution >= 0.6 is 0 Å². The average Bonchev–Trinajstić information content (AvgIpc) is 2.29. The number of likely N-dealkylation sites (N-methyl/N-ethyl adjacent to an activating group) is 1. The minimum atomic E-state index is -0.465. The molecule has 0 bridgehead atoms. The van der Waals surface area contributed by atoms with Crippen molar-refractivity contribution < 1.29 is 4.79 Å². The number of nitrogens with one attached hydrogen (secondary N) is 1. The molecule has 0 fully saturated rings. The van der Waals surface area contributed by atoms with Gasteiger partial charge in [-0.15, -0.1) is 0 Å². The topological polar surface area (TPSA) is 84.4 Å². The third kappa shape index (κ3) is 5.09. The summed E-state index contributed by atoms with van der Waals surface area (Å²) in [5.74, 6) is 0.103. The van der Waals surface area contributed by atoms with E-state index in [1.54, 1.807) is 12.1 Å². The first-order chi connectivity index (χ1) is 9.29. The van der Waals surface area contributed by atoms with Crippen molar-refractivity contribution in [2.24, 2.45) is 11.7 Å². The highest BCUT2D eigenvalue weighted by Gasteiger charge is 2.15. The lowest BCUT2D eigenvalue weighted by molar-refractivity contribution is 0.100. The second-order valence-corrected chi connectivity index (χ2v) is 5.90. The largest absolute Gasteiger partial charge is 0.399 e. The maximum absolute atomic E-state index is 11.5. The van der Waals surface area contributed by atoms with Crippen molar-refractivity contribution in [2.75, 3.05) is 31.7 Å². The van der Waals surface area contributed by atoms with Crippen molar-refractivity contribution in [3.8, 4) is 0 Å². The molecule has 112 valence electrons. The number of primary amides is 1. The van der Waals surface area contributed by atoms with Crippen LogP contribution in [0.4, 0.5) is 11.4 Å². The molecule has 1 amide bonds. The van der Waals surface area contributed by atoms with Gasteiger partial charge in [-0.25, -0.2) is 0 Å². The highest BCUT2D eigenvalue weighted by molar-refractivity contribution is 5.99. The number of nitrogens with zero attached hydrogens (tertiary/aromatic N) is 1. The molecule has 0 aliphatic rings. The van der Waals surface area contributed by atoms with Crippen molar-refractivity contribution in [2.45, 2.75) is 26.3 Å². The molecule has 0 aliphatic carbocycles. The van der Waals surface area contributed by atoms with Gasteiger partial charge in [0.15, 0.2) is 0 Å². The Bertz CT molecular complexity index is 447. The number of benzene rings is 1. The zero-order chi connectivity index (χ0) is 15.3. The normalized spacial score (nSPS) is 12.7. The van der Waals surface area contributed by atoms with Crippen LogP contribution in [-0.2, 0) is 0 Å². The highest BCUT2D eigenvalue weighted by Crippen LogP contribution is 2.21. The summed E-state index contributed by atoms with van der Waals surface area (Å²) in [4.78, 5) is 13.6. The predicted molar refractivity (Wildman–Crippen MR) is 84.8 cm³/mol. The van der Waals surface area contributed by atoms with Gasteiger partial charge in [-0.2, -0.15) is 0 Å². The van der Waals surface area contributed by atoms with Gasteiger partial charge in [0.05, 0.1) is 5.56 Å². The molecule has 20 heavy (non-hydrogen) atoms. The molecule has 5 nitrogen and oxygen atoms in total. The van der Waals surface area contributed by atoms with E-state index < -0.39 is 5.91 Å². The van der Waals surface area contributed by atoms with Gasteiger partial charge in [-0.1, -0.05) is 13.8 Å². The van der Waals surface area contributed by atoms with Crippen LogP contribution in [-0.4, -0.2) is 37.5 Å². The van der Waals surface area contributed by atoms with Crippen LogP contribution in [0.1, 0.15) is 30.6 Å². The number of nitrogens with two attached hydrogens (primary N) is 2. The van der Waals surface area contributed by atoms with Crippen LogP contribution in [0.3, 0.4) is 0 Å². The van der Waals surface area contributed by atoms with Gasteiger partial charge in [0.2, 0.25) is 0 Å². The fraction of sp³-hybridized carbons (Fsp3) is 0.533. The van der Waals surface area contributed by atoms with E-state index in [2.05, 4.69) is 24.1 Å². The lowest BCUT2D eigenvalue weighted by Gasteiger charge is -2.26. The van der Waals surface area contributed by atoms with Crippen LogP contribution in [0, 0.1) is 5.92 Å². The Kier molecular flexibility index (Phi) is 5.82. The van der Waals surface area contributed by atoms with E-state index >= 15 is 0 Å². The number of carbonyl (C=O) groups is 1. The first kappa shape index (κ1) is 16.3. The van der Waals surface area contributed by atoms with Crippen LogP contribution in [0.15, 0.2) is 18.2 Å². The Morgan fingerprint density at radius 2 is 2.00 bits per heavy atom. The molecule has 0 radical (unpaired) electrons. The maximum Gasteiger partial charge on any atom is 0.250 e. The van der Waals surface area contributed by atoms with Crippen molar-refractivity contribution in [3.63, 3.8) is 0 Å². The standard InChI is InChI=1S/C15H26N4O/c1-10(2)7-12(9-19(3)4)18-14-6-5-11(16)8-13(14)15(17)20/h5-6,8,10,12,18H,7,9,16H2,1-4H3,(H2,17,20). The van der Waals surface area contributed by atoms with Gasteiger partial charge in [0.25, 0.3) is 5.91 Å². The van der Waals surface area contributed by atoms with E-state index in [0.717, 1.165) is 18.7 Å². The van der Waals surface area contributed by atoms with Crippen LogP contribution in [0.25, 0.3) is 0 Å². The van der Waals surface area contributed by atoms with E-state index in [9.17, 15) is 4.79 Å². The van der Waals surface area contributed by atoms with Crippen molar-refractivity contribution in [1.82, 2.24) is 4.90 Å². The van der Waals surface area contributed by atoms with Crippen molar-refractivity contribution in [1.29, 1.82) is 0 Å². The Labute approximate surface area is 121 Å². The number of amides is 1. The summed E-state index contributed by atoms with van der Waals surface area (Å²) in [5.41, 5.74) is 12.9. The van der Waals surface area contributed by atoms with Crippen LogP contribution in [0.5, 0.6) is 0 Å². The number of anilines is 2. The molecule has 0 saturated heterocycles. The Morgan fingerprint density at radius 1 is 1.35 bits per heavy atom. The molecule has 0 aliphatic heterocycles. The number of hydrogen-bond donors (Lipinski definition) is 3. The zero-order valence-corrected chi connectivity index (χ0v) is 12.8. The second-order valence-electron chi connectivity index (χ2n) is 5.90. The molecular weight excluding hydrogens is 252 g/mol. The van der Waals surface area contributed by atoms with Gasteiger partial charge in [0.1, 0.15) is 0 Å². The summed E-state index contributed by atoms with van der Waals surface area (Å²) in [5, 5.41) is 3.42. The molecule has 1 unspecified atom stereocenters. The maximum atomic E-state index is 11.5. The number of rotatable bonds is 7. The minimum Gasteiger partial charge on any atom is -0.399 e. The Balaban J connectivity index is 2.94. The van der Waals surface area contributed by atoms with E-state index in [4.69, 9.17) is 11.5 Å². The Morgan fingerprint density at radius 3 is 2.50 bits per heavy atom. The number of hydrogen-bond acceptors (Lipinski definition) is 4. The lowest BCUT2D eigenvalue weighted by Crippen LogP contribution is -2.34. The first-order valence-corrected chi connectivity index (χ1v) is 6.90. The number of carbonyl (C=O) groups excluding carboxylic acids is 1. The van der Waals surface area contributed by atoms with Crippen molar-refractivity contribution in [3.05, 3.63) is 23.8 Å². The van der Waals surface area contributed by atoms with Crippen LogP contribution < -0.4 is 16.8 Å². The number of nitrogen functional groups attached to an aromatic ring is 1. The van der Waals surface area contributed by atoms with E-state index in [-0.39, 0.29) is 6.04 Å². The molecule has 5 N–H and O–H groups in total. The lowest BCUT2D eigenvalue weighted by atomic mass is 10.0. The van der Waals surface area contributed by atoms with Crippen LogP contribution in [0.2, 0.25) is 0 Å². The molecule has 0 spiro atoms. The SMILES string of the molecule is CC(C)CC(CN(C)C)Nc1ccc(N)cc1C(N)=O. The average molecular weight is 278 g/mol. The molecule has 1 rings (SSSR count). The van der Waals surface area contributed by atoms with Gasteiger partial charge >= 0.3 is 0 Å². The minimum absolute atomic E-state index is 0.256. The summed E-state index contributed by atoms with van der Waals surface area (Å²) in [6, 6.07) is 5.47. The molecule has 1 aromatic carbocycles. The van der Waals surface area contributed by atoms with E-state index in [1.807, 2.05) is 20.2 Å². The summed E-state index contributed by atoms with van der Waals surface area (Å²) in [6.07, 6.45) is 1.01. The quantitative estimate of drug-likeness (QED) is 0.663. The molecule has 0 heterocycles. The second kappa shape index (κ2) is 7.14. The molecule has 0 saturated carbocycles. The van der Waals surface area contributed by atoms with E-state index in [0.29, 0.717) is 17.2 Å². The summed E-state index contributed by atoms with van der Waals surface area (Å²) >= 11 is 0. The third-order valence-electron chi connectivity index (χ3n) is 3.01. The van der Waals surface area contributed by atoms with Crippen molar-refractivity contribution >= 4 is 17.3 Å². The monoisotopic (exact) mass is 278 g/mol. The predicted octanol–water partition coefficient (Wildman–Crippen LogP) is 1.76. The first-order valence-electron chi connectivity index (χ1n) is 6.90. The fourth-order valence-electron chi connectivity index (χ4n) is 2.30. The van der Waals surface area contributed by atoms with Gasteiger partial charge in [-0.05, 0) is 44.6 Å². The Hall–Kier alpha value is -1.75. The zero-order valence-electron chi connectivity index (χ0n) is 12.8. The van der Waals surface area contributed by atoms with Gasteiger partial charge in [0, 0.05) is 24.0 Å². The molecule has 5 heteroatoms. The third-order valence-corrected chi connectivity index (χ3v) is 3.01. The van der Waals surface area contributed by atoms with E-state index in [1.165, 1.54) is 0 Å².